The molecule has 1 heterocycles. The van der Waals surface area contributed by atoms with Gasteiger partial charge in [0, 0.05) is 12.8 Å². The van der Waals surface area contributed by atoms with E-state index in [-0.39, 0.29) is 23.3 Å². The number of aliphatic carboxylic acids is 1. The lowest BCUT2D eigenvalue weighted by molar-refractivity contribution is -0.142. The first-order valence-electron chi connectivity index (χ1n) is 7.28. The SMILES string of the molecule is CS(=O)(=O)c1ccc(OCCCN2CCC[C@H]2C(=O)O)cc1.Cl. The third-order valence-electron chi connectivity index (χ3n) is 3.76. The van der Waals surface area contributed by atoms with Gasteiger partial charge in [-0.25, -0.2) is 8.42 Å². The number of hydrogen-bond donors (Lipinski definition) is 1. The molecule has 0 aliphatic carbocycles. The minimum atomic E-state index is -3.19. The molecule has 1 fully saturated rings. The van der Waals surface area contributed by atoms with Gasteiger partial charge in [0.05, 0.1) is 11.5 Å². The minimum absolute atomic E-state index is 0. The van der Waals surface area contributed by atoms with Crippen molar-refractivity contribution >= 4 is 28.2 Å². The van der Waals surface area contributed by atoms with Gasteiger partial charge in [-0.05, 0) is 50.1 Å². The first kappa shape index (κ1) is 19.7. The van der Waals surface area contributed by atoms with Gasteiger partial charge in [0.25, 0.3) is 0 Å². The van der Waals surface area contributed by atoms with Crippen molar-refractivity contribution in [2.24, 2.45) is 0 Å². The predicted molar refractivity (Wildman–Crippen MR) is 89.1 cm³/mol. The molecule has 1 atom stereocenters. The Morgan fingerprint density at radius 3 is 2.57 bits per heavy atom. The van der Waals surface area contributed by atoms with Gasteiger partial charge in [-0.2, -0.15) is 0 Å². The maximum absolute atomic E-state index is 11.3. The van der Waals surface area contributed by atoms with Gasteiger partial charge in [-0.3, -0.25) is 9.69 Å². The zero-order valence-corrected chi connectivity index (χ0v) is 14.6. The molecule has 1 aromatic carbocycles. The van der Waals surface area contributed by atoms with E-state index in [9.17, 15) is 13.2 Å². The van der Waals surface area contributed by atoms with Crippen molar-refractivity contribution in [3.05, 3.63) is 24.3 Å². The Morgan fingerprint density at radius 2 is 2.00 bits per heavy atom. The van der Waals surface area contributed by atoms with Gasteiger partial charge in [-0.1, -0.05) is 0 Å². The fourth-order valence-corrected chi connectivity index (χ4v) is 3.24. The van der Waals surface area contributed by atoms with E-state index in [1.807, 2.05) is 4.90 Å². The van der Waals surface area contributed by atoms with E-state index in [1.54, 1.807) is 12.1 Å². The van der Waals surface area contributed by atoms with Crippen LogP contribution in [0, 0.1) is 0 Å². The van der Waals surface area contributed by atoms with E-state index >= 15 is 0 Å². The number of sulfone groups is 1. The monoisotopic (exact) mass is 363 g/mol. The summed E-state index contributed by atoms with van der Waals surface area (Å²) in [6.07, 6.45) is 3.53. The highest BCUT2D eigenvalue weighted by Crippen LogP contribution is 2.18. The number of ether oxygens (including phenoxy) is 1. The maximum atomic E-state index is 11.3. The van der Waals surface area contributed by atoms with Crippen molar-refractivity contribution in [3.8, 4) is 5.75 Å². The summed E-state index contributed by atoms with van der Waals surface area (Å²) < 4.78 is 28.2. The van der Waals surface area contributed by atoms with Crippen LogP contribution in [0.2, 0.25) is 0 Å². The molecule has 0 saturated carbocycles. The molecule has 1 aliphatic rings. The van der Waals surface area contributed by atoms with Crippen LogP contribution in [0.4, 0.5) is 0 Å². The summed E-state index contributed by atoms with van der Waals surface area (Å²) in [6.45, 7) is 1.99. The van der Waals surface area contributed by atoms with E-state index in [1.165, 1.54) is 12.1 Å². The van der Waals surface area contributed by atoms with Crippen molar-refractivity contribution in [1.29, 1.82) is 0 Å². The van der Waals surface area contributed by atoms with E-state index in [4.69, 9.17) is 9.84 Å². The normalized spacial score (nSPS) is 18.4. The Kier molecular flexibility index (Phi) is 7.31. The Bertz CT molecular complexity index is 617. The molecule has 0 amide bonds. The number of carbonyl (C=O) groups is 1. The summed E-state index contributed by atoms with van der Waals surface area (Å²) in [5.74, 6) is -0.140. The summed E-state index contributed by atoms with van der Waals surface area (Å²) in [5.41, 5.74) is 0. The average Bonchev–Trinajstić information content (AvgIpc) is 2.92. The zero-order valence-electron chi connectivity index (χ0n) is 13.0. The molecule has 0 radical (unpaired) electrons. The molecule has 8 heteroatoms. The molecule has 6 nitrogen and oxygen atoms in total. The highest BCUT2D eigenvalue weighted by atomic mass is 35.5. The summed E-state index contributed by atoms with van der Waals surface area (Å²) in [4.78, 5) is 13.3. The van der Waals surface area contributed by atoms with E-state index in [2.05, 4.69) is 0 Å². The lowest BCUT2D eigenvalue weighted by Crippen LogP contribution is -2.36. The average molecular weight is 364 g/mol. The second-order valence-corrected chi connectivity index (χ2v) is 7.49. The van der Waals surface area contributed by atoms with Crippen molar-refractivity contribution in [2.45, 2.75) is 30.2 Å². The number of hydrogen-bond acceptors (Lipinski definition) is 5. The van der Waals surface area contributed by atoms with Gasteiger partial charge < -0.3 is 9.84 Å². The van der Waals surface area contributed by atoms with Crippen LogP contribution < -0.4 is 4.74 Å². The summed E-state index contributed by atoms with van der Waals surface area (Å²) >= 11 is 0. The Labute approximate surface area is 142 Å². The summed E-state index contributed by atoms with van der Waals surface area (Å²) in [6, 6.07) is 5.93. The van der Waals surface area contributed by atoms with Crippen molar-refractivity contribution in [3.63, 3.8) is 0 Å². The molecular formula is C15H22ClNO5S. The Morgan fingerprint density at radius 1 is 1.35 bits per heavy atom. The lowest BCUT2D eigenvalue weighted by Gasteiger charge is -2.20. The molecule has 0 bridgehead atoms. The molecule has 130 valence electrons. The van der Waals surface area contributed by atoms with Gasteiger partial charge in [0.2, 0.25) is 0 Å². The van der Waals surface area contributed by atoms with Crippen LogP contribution in [0.1, 0.15) is 19.3 Å². The predicted octanol–water partition coefficient (Wildman–Crippen LogP) is 1.83. The molecule has 0 unspecified atom stereocenters. The van der Waals surface area contributed by atoms with Gasteiger partial charge in [0.1, 0.15) is 11.8 Å². The van der Waals surface area contributed by atoms with Crippen molar-refractivity contribution < 1.29 is 23.1 Å². The van der Waals surface area contributed by atoms with Gasteiger partial charge in [-0.15, -0.1) is 12.4 Å². The summed E-state index contributed by atoms with van der Waals surface area (Å²) in [5, 5.41) is 9.09. The fraction of sp³-hybridized carbons (Fsp3) is 0.533. The zero-order chi connectivity index (χ0) is 16.2. The molecule has 1 aromatic rings. The summed E-state index contributed by atoms with van der Waals surface area (Å²) in [7, 11) is -3.19. The molecular weight excluding hydrogens is 342 g/mol. The second-order valence-electron chi connectivity index (χ2n) is 5.48. The number of rotatable bonds is 7. The molecule has 1 aliphatic heterocycles. The number of carboxylic acid groups (broad SMARTS) is 1. The van der Waals surface area contributed by atoms with Gasteiger partial charge >= 0.3 is 5.97 Å². The first-order chi connectivity index (χ1) is 10.4. The fourth-order valence-electron chi connectivity index (χ4n) is 2.61. The number of nitrogens with zero attached hydrogens (tertiary/aromatic N) is 1. The van der Waals surface area contributed by atoms with Crippen LogP contribution in [0.3, 0.4) is 0 Å². The standard InChI is InChI=1S/C15H21NO5S.ClH/c1-22(19,20)13-7-5-12(6-8-13)21-11-3-10-16-9-2-4-14(16)15(17)18;/h5-8,14H,2-4,9-11H2,1H3,(H,17,18);1H/t14-;/m0./s1. The Hall–Kier alpha value is -1.31. The van der Waals surface area contributed by atoms with Crippen molar-refractivity contribution in [2.75, 3.05) is 26.0 Å². The van der Waals surface area contributed by atoms with E-state index in [0.717, 1.165) is 25.6 Å². The third kappa shape index (κ3) is 5.67. The number of carboxylic acids is 1. The van der Waals surface area contributed by atoms with Crippen LogP contribution in [0.25, 0.3) is 0 Å². The first-order valence-corrected chi connectivity index (χ1v) is 9.17. The second kappa shape index (κ2) is 8.52. The van der Waals surface area contributed by atoms with Crippen LogP contribution >= 0.6 is 12.4 Å². The van der Waals surface area contributed by atoms with Crippen LogP contribution in [-0.4, -0.2) is 56.4 Å². The molecule has 2 rings (SSSR count). The van der Waals surface area contributed by atoms with Gasteiger partial charge in [0.15, 0.2) is 9.84 Å². The maximum Gasteiger partial charge on any atom is 0.320 e. The van der Waals surface area contributed by atoms with E-state index in [0.29, 0.717) is 25.3 Å². The molecule has 1 saturated heterocycles. The number of likely N-dealkylation sites (tertiary alicyclic amines) is 1. The molecule has 0 spiro atoms. The topological polar surface area (TPSA) is 83.9 Å². The largest absolute Gasteiger partial charge is 0.494 e. The highest BCUT2D eigenvalue weighted by molar-refractivity contribution is 7.90. The molecule has 23 heavy (non-hydrogen) atoms. The van der Waals surface area contributed by atoms with Crippen LogP contribution in [-0.2, 0) is 14.6 Å². The van der Waals surface area contributed by atoms with E-state index < -0.39 is 15.8 Å². The van der Waals surface area contributed by atoms with Crippen LogP contribution in [0.15, 0.2) is 29.2 Å². The quantitative estimate of drug-likeness (QED) is 0.744. The minimum Gasteiger partial charge on any atom is -0.494 e. The number of halogens is 1. The van der Waals surface area contributed by atoms with Crippen LogP contribution in [0.5, 0.6) is 5.75 Å². The molecule has 0 aromatic heterocycles. The van der Waals surface area contributed by atoms with Crippen molar-refractivity contribution in [1.82, 2.24) is 4.90 Å². The Balaban J connectivity index is 0.00000264. The smallest absolute Gasteiger partial charge is 0.320 e. The third-order valence-corrected chi connectivity index (χ3v) is 4.89. The molecule has 1 N–H and O–H groups in total. The lowest BCUT2D eigenvalue weighted by atomic mass is 10.2. The highest BCUT2D eigenvalue weighted by Gasteiger charge is 2.29. The number of benzene rings is 1.